The fourth-order valence-corrected chi connectivity index (χ4v) is 3.42. The van der Waals surface area contributed by atoms with Crippen LogP contribution in [0, 0.1) is 5.92 Å². The Kier molecular flexibility index (Phi) is 5.02. The first-order valence-electron chi connectivity index (χ1n) is 5.76. The summed E-state index contributed by atoms with van der Waals surface area (Å²) in [5.41, 5.74) is 0. The molecule has 0 saturated carbocycles. The smallest absolute Gasteiger partial charge is 0.211 e. The van der Waals surface area contributed by atoms with Crippen LogP contribution in [0.3, 0.4) is 0 Å². The van der Waals surface area contributed by atoms with Gasteiger partial charge in [0.05, 0.1) is 5.75 Å². The zero-order valence-electron chi connectivity index (χ0n) is 9.62. The Morgan fingerprint density at radius 2 is 2.27 bits per heavy atom. The van der Waals surface area contributed by atoms with E-state index in [0.717, 1.165) is 32.4 Å². The molecule has 0 radical (unpaired) electrons. The van der Waals surface area contributed by atoms with E-state index in [2.05, 4.69) is 10.0 Å². The number of hydrogen-bond acceptors (Lipinski definition) is 3. The van der Waals surface area contributed by atoms with Crippen molar-refractivity contribution in [3.05, 3.63) is 0 Å². The molecule has 1 rings (SSSR count). The van der Waals surface area contributed by atoms with Gasteiger partial charge in [0.1, 0.15) is 0 Å². The van der Waals surface area contributed by atoms with E-state index in [1.54, 1.807) is 0 Å². The predicted octanol–water partition coefficient (Wildman–Crippen LogP) is 0.704. The van der Waals surface area contributed by atoms with Crippen LogP contribution < -0.4 is 10.0 Å². The second-order valence-corrected chi connectivity index (χ2v) is 6.21. The maximum atomic E-state index is 11.6. The van der Waals surface area contributed by atoms with Gasteiger partial charge < -0.3 is 5.32 Å². The molecule has 4 nitrogen and oxygen atoms in total. The first kappa shape index (κ1) is 12.9. The SMILES string of the molecule is CCCCS(=O)(=O)NC(C)C1CCNC1. The molecular weight excluding hydrogens is 212 g/mol. The van der Waals surface area contributed by atoms with Crippen LogP contribution in [0.25, 0.3) is 0 Å². The molecule has 90 valence electrons. The van der Waals surface area contributed by atoms with Gasteiger partial charge in [-0.15, -0.1) is 0 Å². The Morgan fingerprint density at radius 1 is 1.53 bits per heavy atom. The van der Waals surface area contributed by atoms with Crippen molar-refractivity contribution in [1.82, 2.24) is 10.0 Å². The number of unbranched alkanes of at least 4 members (excludes halogenated alkanes) is 1. The van der Waals surface area contributed by atoms with Gasteiger partial charge in [-0.2, -0.15) is 0 Å². The Balaban J connectivity index is 2.38. The zero-order valence-corrected chi connectivity index (χ0v) is 10.4. The van der Waals surface area contributed by atoms with Crippen LogP contribution in [0.1, 0.15) is 33.1 Å². The largest absolute Gasteiger partial charge is 0.316 e. The van der Waals surface area contributed by atoms with Crippen LogP contribution in [0.4, 0.5) is 0 Å². The van der Waals surface area contributed by atoms with E-state index in [-0.39, 0.29) is 11.8 Å². The summed E-state index contributed by atoms with van der Waals surface area (Å²) < 4.78 is 26.0. The molecule has 2 N–H and O–H groups in total. The maximum Gasteiger partial charge on any atom is 0.211 e. The quantitative estimate of drug-likeness (QED) is 0.711. The molecule has 0 aromatic rings. The highest BCUT2D eigenvalue weighted by Crippen LogP contribution is 2.13. The number of rotatable bonds is 6. The molecule has 0 spiro atoms. The summed E-state index contributed by atoms with van der Waals surface area (Å²) >= 11 is 0. The monoisotopic (exact) mass is 234 g/mol. The third-order valence-corrected chi connectivity index (χ3v) is 4.49. The molecule has 0 bridgehead atoms. The Hall–Kier alpha value is -0.130. The topological polar surface area (TPSA) is 58.2 Å². The number of hydrogen-bond donors (Lipinski definition) is 2. The summed E-state index contributed by atoms with van der Waals surface area (Å²) in [4.78, 5) is 0. The molecular formula is C10H22N2O2S. The molecule has 0 aromatic heterocycles. The first-order chi connectivity index (χ1) is 7.05. The first-order valence-corrected chi connectivity index (χ1v) is 7.41. The lowest BCUT2D eigenvalue weighted by atomic mass is 10.0. The minimum absolute atomic E-state index is 0.0573. The minimum atomic E-state index is -3.06. The summed E-state index contributed by atoms with van der Waals surface area (Å²) in [7, 11) is -3.06. The van der Waals surface area contributed by atoms with Crippen molar-refractivity contribution >= 4 is 10.0 Å². The van der Waals surface area contributed by atoms with E-state index in [0.29, 0.717) is 5.92 Å². The molecule has 1 aliphatic rings. The molecule has 2 atom stereocenters. The van der Waals surface area contributed by atoms with Crippen molar-refractivity contribution in [2.75, 3.05) is 18.8 Å². The lowest BCUT2D eigenvalue weighted by Gasteiger charge is -2.19. The van der Waals surface area contributed by atoms with Gasteiger partial charge >= 0.3 is 0 Å². The highest BCUT2D eigenvalue weighted by Gasteiger charge is 2.24. The van der Waals surface area contributed by atoms with Gasteiger partial charge in [0, 0.05) is 6.04 Å². The van der Waals surface area contributed by atoms with Gasteiger partial charge in [-0.05, 0) is 38.8 Å². The Morgan fingerprint density at radius 3 is 2.80 bits per heavy atom. The number of nitrogens with one attached hydrogen (secondary N) is 2. The summed E-state index contributed by atoms with van der Waals surface area (Å²) in [6, 6.07) is 0.0573. The third-order valence-electron chi connectivity index (χ3n) is 2.94. The van der Waals surface area contributed by atoms with Crippen molar-refractivity contribution < 1.29 is 8.42 Å². The average Bonchev–Trinajstić information content (AvgIpc) is 2.67. The van der Waals surface area contributed by atoms with Crippen LogP contribution >= 0.6 is 0 Å². The van der Waals surface area contributed by atoms with Gasteiger partial charge in [-0.25, -0.2) is 13.1 Å². The van der Waals surface area contributed by atoms with Gasteiger partial charge in [-0.3, -0.25) is 0 Å². The Bertz CT molecular complexity index is 271. The molecule has 1 aliphatic heterocycles. The van der Waals surface area contributed by atoms with Crippen LogP contribution in [0.15, 0.2) is 0 Å². The van der Waals surface area contributed by atoms with Crippen LogP contribution in [0.2, 0.25) is 0 Å². The minimum Gasteiger partial charge on any atom is -0.316 e. The standard InChI is InChI=1S/C10H22N2O2S/c1-3-4-7-15(13,14)12-9(2)10-5-6-11-8-10/h9-12H,3-8H2,1-2H3. The van der Waals surface area contributed by atoms with E-state index in [9.17, 15) is 8.42 Å². The van der Waals surface area contributed by atoms with Gasteiger partial charge in [0.25, 0.3) is 0 Å². The lowest BCUT2D eigenvalue weighted by Crippen LogP contribution is -2.40. The fourth-order valence-electron chi connectivity index (χ4n) is 1.88. The summed E-state index contributed by atoms with van der Waals surface area (Å²) in [5.74, 6) is 0.704. The normalized spacial score (nSPS) is 24.3. The predicted molar refractivity (Wildman–Crippen MR) is 62.3 cm³/mol. The second kappa shape index (κ2) is 5.82. The van der Waals surface area contributed by atoms with E-state index < -0.39 is 10.0 Å². The summed E-state index contributed by atoms with van der Waals surface area (Å²) in [5, 5.41) is 3.25. The van der Waals surface area contributed by atoms with Crippen molar-refractivity contribution in [2.45, 2.75) is 39.2 Å². The van der Waals surface area contributed by atoms with Crippen molar-refractivity contribution in [1.29, 1.82) is 0 Å². The summed E-state index contributed by atoms with van der Waals surface area (Å²) in [6.45, 7) is 5.89. The van der Waals surface area contributed by atoms with E-state index in [1.807, 2.05) is 13.8 Å². The van der Waals surface area contributed by atoms with E-state index >= 15 is 0 Å². The molecule has 2 unspecified atom stereocenters. The van der Waals surface area contributed by atoms with Crippen molar-refractivity contribution in [3.63, 3.8) is 0 Å². The third kappa shape index (κ3) is 4.49. The van der Waals surface area contributed by atoms with Gasteiger partial charge in [-0.1, -0.05) is 13.3 Å². The molecule has 0 aliphatic carbocycles. The van der Waals surface area contributed by atoms with Gasteiger partial charge in [0.2, 0.25) is 10.0 Å². The molecule has 0 aromatic carbocycles. The van der Waals surface area contributed by atoms with Crippen LogP contribution in [0.5, 0.6) is 0 Å². The second-order valence-electron chi connectivity index (χ2n) is 4.33. The van der Waals surface area contributed by atoms with Gasteiger partial charge in [0.15, 0.2) is 0 Å². The Labute approximate surface area is 92.9 Å². The summed E-state index contributed by atoms with van der Waals surface area (Å²) in [6.07, 6.45) is 2.72. The highest BCUT2D eigenvalue weighted by atomic mass is 32.2. The molecule has 5 heteroatoms. The number of sulfonamides is 1. The zero-order chi connectivity index (χ0) is 11.3. The van der Waals surface area contributed by atoms with Crippen molar-refractivity contribution in [3.8, 4) is 0 Å². The maximum absolute atomic E-state index is 11.6. The van der Waals surface area contributed by atoms with Crippen molar-refractivity contribution in [2.24, 2.45) is 5.92 Å². The molecule has 15 heavy (non-hydrogen) atoms. The fraction of sp³-hybridized carbons (Fsp3) is 1.00. The molecule has 1 fully saturated rings. The van der Waals surface area contributed by atoms with E-state index in [4.69, 9.17) is 0 Å². The molecule has 1 heterocycles. The van der Waals surface area contributed by atoms with Crippen LogP contribution in [-0.4, -0.2) is 33.3 Å². The van der Waals surface area contributed by atoms with E-state index in [1.165, 1.54) is 0 Å². The highest BCUT2D eigenvalue weighted by molar-refractivity contribution is 7.89. The average molecular weight is 234 g/mol. The molecule has 1 saturated heterocycles. The molecule has 0 amide bonds. The van der Waals surface area contributed by atoms with Crippen LogP contribution in [-0.2, 0) is 10.0 Å². The lowest BCUT2D eigenvalue weighted by molar-refractivity contribution is 0.444.